The van der Waals surface area contributed by atoms with Crippen molar-refractivity contribution in [2.75, 3.05) is 4.90 Å². The fraction of sp³-hybridized carbons (Fsp3) is 0.263. The van der Waals surface area contributed by atoms with Crippen LogP contribution in [0, 0.1) is 5.82 Å². The molecule has 1 aliphatic heterocycles. The molecule has 1 atom stereocenters. The number of hydrogen-bond acceptors (Lipinski definition) is 2. The molecule has 118 valence electrons. The second-order valence-corrected chi connectivity index (χ2v) is 5.86. The molecular formula is C19H18FNO2. The summed E-state index contributed by atoms with van der Waals surface area (Å²) in [6.07, 6.45) is 1.11. The maximum Gasteiger partial charge on any atom is 0.258 e. The second kappa shape index (κ2) is 5.95. The van der Waals surface area contributed by atoms with Gasteiger partial charge in [-0.15, -0.1) is 0 Å². The zero-order valence-corrected chi connectivity index (χ0v) is 13.2. The van der Waals surface area contributed by atoms with E-state index >= 15 is 0 Å². The summed E-state index contributed by atoms with van der Waals surface area (Å²) < 4.78 is 13.4. The summed E-state index contributed by atoms with van der Waals surface area (Å²) in [5, 5.41) is 0. The van der Waals surface area contributed by atoms with Gasteiger partial charge in [0.1, 0.15) is 5.82 Å². The molecule has 0 bridgehead atoms. The molecule has 0 radical (unpaired) electrons. The Kier molecular flexibility index (Phi) is 3.99. The van der Waals surface area contributed by atoms with Crippen LogP contribution in [0.4, 0.5) is 10.1 Å². The van der Waals surface area contributed by atoms with Crippen molar-refractivity contribution in [1.82, 2.24) is 0 Å². The number of carbonyl (C=O) groups excluding carboxylic acids is 2. The molecule has 0 aromatic heterocycles. The van der Waals surface area contributed by atoms with E-state index in [-0.39, 0.29) is 29.7 Å². The second-order valence-electron chi connectivity index (χ2n) is 5.86. The summed E-state index contributed by atoms with van der Waals surface area (Å²) in [7, 11) is 0. The lowest BCUT2D eigenvalue weighted by molar-refractivity contribution is 0.0936. The third kappa shape index (κ3) is 2.77. The molecule has 2 aromatic rings. The predicted molar refractivity (Wildman–Crippen MR) is 87.4 cm³/mol. The first-order chi connectivity index (χ1) is 11.0. The molecule has 0 fully saturated rings. The topological polar surface area (TPSA) is 37.4 Å². The molecule has 1 aliphatic rings. The molecule has 23 heavy (non-hydrogen) atoms. The molecule has 0 saturated carbocycles. The van der Waals surface area contributed by atoms with Gasteiger partial charge in [0, 0.05) is 23.6 Å². The Morgan fingerprint density at radius 1 is 1.22 bits per heavy atom. The number of nitrogens with zero attached hydrogens (tertiary/aromatic N) is 1. The van der Waals surface area contributed by atoms with Crippen molar-refractivity contribution in [3.8, 4) is 0 Å². The maximum atomic E-state index is 13.4. The number of fused-ring (bicyclic) bond motifs is 1. The monoisotopic (exact) mass is 311 g/mol. The van der Waals surface area contributed by atoms with Gasteiger partial charge in [-0.3, -0.25) is 9.59 Å². The molecule has 1 amide bonds. The molecule has 0 spiro atoms. The molecule has 4 heteroatoms. The van der Waals surface area contributed by atoms with Crippen LogP contribution in [0.3, 0.4) is 0 Å². The van der Waals surface area contributed by atoms with Crippen molar-refractivity contribution < 1.29 is 14.0 Å². The van der Waals surface area contributed by atoms with E-state index in [2.05, 4.69) is 6.92 Å². The number of amides is 1. The van der Waals surface area contributed by atoms with E-state index in [0.717, 1.165) is 12.0 Å². The number of benzene rings is 2. The van der Waals surface area contributed by atoms with Crippen molar-refractivity contribution in [3.63, 3.8) is 0 Å². The van der Waals surface area contributed by atoms with Crippen LogP contribution in [0.2, 0.25) is 0 Å². The summed E-state index contributed by atoms with van der Waals surface area (Å²) in [6.45, 7) is 3.89. The smallest absolute Gasteiger partial charge is 0.258 e. The fourth-order valence-corrected chi connectivity index (χ4v) is 2.98. The van der Waals surface area contributed by atoms with Gasteiger partial charge in [-0.25, -0.2) is 4.39 Å². The molecule has 3 nitrogen and oxygen atoms in total. The molecule has 0 saturated heterocycles. The minimum absolute atomic E-state index is 0.127. The van der Waals surface area contributed by atoms with E-state index < -0.39 is 5.82 Å². The van der Waals surface area contributed by atoms with Gasteiger partial charge in [0.25, 0.3) is 5.91 Å². The molecule has 1 heterocycles. The first kappa shape index (κ1) is 15.4. The summed E-state index contributed by atoms with van der Waals surface area (Å²) in [4.78, 5) is 26.6. The van der Waals surface area contributed by atoms with E-state index in [0.29, 0.717) is 11.3 Å². The van der Waals surface area contributed by atoms with Gasteiger partial charge in [0.15, 0.2) is 5.78 Å². The van der Waals surface area contributed by atoms with Gasteiger partial charge in [-0.2, -0.15) is 0 Å². The molecular weight excluding hydrogens is 293 g/mol. The molecule has 0 N–H and O–H groups in total. The largest absolute Gasteiger partial charge is 0.304 e. The van der Waals surface area contributed by atoms with Crippen LogP contribution in [-0.4, -0.2) is 17.7 Å². The predicted octanol–water partition coefficient (Wildman–Crippen LogP) is 4.01. The highest BCUT2D eigenvalue weighted by atomic mass is 19.1. The molecule has 3 rings (SSSR count). The van der Waals surface area contributed by atoms with Crippen molar-refractivity contribution in [1.29, 1.82) is 0 Å². The third-order valence-electron chi connectivity index (χ3n) is 4.27. The average molecular weight is 311 g/mol. The van der Waals surface area contributed by atoms with E-state index in [9.17, 15) is 14.0 Å². The van der Waals surface area contributed by atoms with Crippen molar-refractivity contribution in [2.24, 2.45) is 0 Å². The third-order valence-corrected chi connectivity index (χ3v) is 4.27. The standard InChI is InChI=1S/C19H18FNO2/c1-3-13-4-6-14(7-5-13)19(23)21-12(2)10-18(22)16-11-15(20)8-9-17(16)21/h4-9,11-12H,3,10H2,1-2H3/t12-/m1/s1. The SMILES string of the molecule is CCc1ccc(C(=O)N2c3ccc(F)cc3C(=O)C[C@H]2C)cc1. The quantitative estimate of drug-likeness (QED) is 0.840. The van der Waals surface area contributed by atoms with Crippen molar-refractivity contribution in [2.45, 2.75) is 32.7 Å². The lowest BCUT2D eigenvalue weighted by atomic mass is 9.94. The van der Waals surface area contributed by atoms with Crippen LogP contribution in [0.5, 0.6) is 0 Å². The number of anilines is 1. The van der Waals surface area contributed by atoms with E-state index in [1.807, 2.05) is 19.1 Å². The zero-order chi connectivity index (χ0) is 16.6. The first-order valence-corrected chi connectivity index (χ1v) is 7.76. The highest BCUT2D eigenvalue weighted by Gasteiger charge is 2.33. The van der Waals surface area contributed by atoms with Crippen LogP contribution < -0.4 is 4.90 Å². The molecule has 2 aromatic carbocycles. The lowest BCUT2D eigenvalue weighted by Crippen LogP contribution is -2.44. The van der Waals surface area contributed by atoms with Crippen LogP contribution in [0.15, 0.2) is 42.5 Å². The van der Waals surface area contributed by atoms with Gasteiger partial charge in [-0.05, 0) is 49.2 Å². The average Bonchev–Trinajstić information content (AvgIpc) is 2.55. The maximum absolute atomic E-state index is 13.4. The number of hydrogen-bond donors (Lipinski definition) is 0. The van der Waals surface area contributed by atoms with E-state index in [1.165, 1.54) is 18.2 Å². The number of rotatable bonds is 2. The Hall–Kier alpha value is -2.49. The van der Waals surface area contributed by atoms with Gasteiger partial charge in [-0.1, -0.05) is 19.1 Å². The minimum atomic E-state index is -0.466. The van der Waals surface area contributed by atoms with Crippen LogP contribution in [0.1, 0.15) is 46.5 Å². The number of aryl methyl sites for hydroxylation is 1. The molecule has 0 aliphatic carbocycles. The summed E-state index contributed by atoms with van der Waals surface area (Å²) in [5.74, 6) is -0.760. The van der Waals surface area contributed by atoms with Gasteiger partial charge in [0.2, 0.25) is 0 Å². The number of carbonyl (C=O) groups is 2. The van der Waals surface area contributed by atoms with Crippen molar-refractivity contribution in [3.05, 3.63) is 65.0 Å². The number of halogens is 1. The minimum Gasteiger partial charge on any atom is -0.304 e. The normalized spacial score (nSPS) is 17.1. The Bertz CT molecular complexity index is 767. The summed E-state index contributed by atoms with van der Waals surface area (Å²) in [6, 6.07) is 11.2. The Balaban J connectivity index is 2.02. The Labute approximate surface area is 134 Å². The van der Waals surface area contributed by atoms with Gasteiger partial charge in [0.05, 0.1) is 5.69 Å². The van der Waals surface area contributed by atoms with Gasteiger partial charge < -0.3 is 4.90 Å². The fourth-order valence-electron chi connectivity index (χ4n) is 2.98. The first-order valence-electron chi connectivity index (χ1n) is 7.76. The number of ketones is 1. The lowest BCUT2D eigenvalue weighted by Gasteiger charge is -2.34. The summed E-state index contributed by atoms with van der Waals surface area (Å²) in [5.41, 5.74) is 2.49. The van der Waals surface area contributed by atoms with E-state index in [4.69, 9.17) is 0 Å². The highest BCUT2D eigenvalue weighted by molar-refractivity contribution is 6.13. The highest BCUT2D eigenvalue weighted by Crippen LogP contribution is 2.32. The summed E-state index contributed by atoms with van der Waals surface area (Å²) >= 11 is 0. The van der Waals surface area contributed by atoms with Crippen molar-refractivity contribution >= 4 is 17.4 Å². The van der Waals surface area contributed by atoms with Crippen LogP contribution in [-0.2, 0) is 6.42 Å². The Morgan fingerprint density at radius 2 is 1.91 bits per heavy atom. The zero-order valence-electron chi connectivity index (χ0n) is 13.2. The number of Topliss-reactive ketones (excluding diaryl/α,β-unsaturated/α-hetero) is 1. The van der Waals surface area contributed by atoms with Gasteiger partial charge >= 0.3 is 0 Å². The van der Waals surface area contributed by atoms with Crippen LogP contribution in [0.25, 0.3) is 0 Å². The van der Waals surface area contributed by atoms with E-state index in [1.54, 1.807) is 17.0 Å². The van der Waals surface area contributed by atoms with Crippen LogP contribution >= 0.6 is 0 Å². The molecule has 0 unspecified atom stereocenters. The Morgan fingerprint density at radius 3 is 2.57 bits per heavy atom.